The number of nitrogens with zero attached hydrogens (tertiary/aromatic N) is 1. The molecule has 0 spiro atoms. The van der Waals surface area contributed by atoms with E-state index < -0.39 is 83.7 Å². The molecule has 4 aliphatic rings. The highest BCUT2D eigenvalue weighted by atomic mass is 16.7. The van der Waals surface area contributed by atoms with E-state index >= 15 is 0 Å². The fourth-order valence-corrected chi connectivity index (χ4v) is 8.09. The zero-order chi connectivity index (χ0) is 34.3. The number of carbonyl (C=O) groups excluding carboxylic acids is 3. The van der Waals surface area contributed by atoms with Gasteiger partial charge >= 0.3 is 12.1 Å². The quantitative estimate of drug-likeness (QED) is 0.342. The minimum absolute atomic E-state index is 0.105. The maximum Gasteiger partial charge on any atom is 0.408 e. The lowest BCUT2D eigenvalue weighted by molar-refractivity contribution is -0.302. The molecular formula is C34H56N2O10. The molecule has 12 nitrogen and oxygen atoms in total. The molecule has 4 aliphatic heterocycles. The second-order valence-corrected chi connectivity index (χ2v) is 14.7. The van der Waals surface area contributed by atoms with Crippen molar-refractivity contribution in [3.05, 3.63) is 12.2 Å². The van der Waals surface area contributed by atoms with Crippen LogP contribution in [-0.4, -0.2) is 115 Å². The number of esters is 1. The van der Waals surface area contributed by atoms with Gasteiger partial charge in [0.05, 0.1) is 49.1 Å². The molecule has 0 unspecified atom stereocenters. The second-order valence-electron chi connectivity index (χ2n) is 14.7. The van der Waals surface area contributed by atoms with Crippen LogP contribution >= 0.6 is 0 Å². The maximum atomic E-state index is 14.2. The van der Waals surface area contributed by atoms with E-state index in [1.807, 2.05) is 53.6 Å². The fraction of sp³-hybridized carbons (Fsp3) is 0.853. The van der Waals surface area contributed by atoms with Crippen molar-refractivity contribution >= 4 is 17.8 Å². The van der Waals surface area contributed by atoms with Crippen LogP contribution in [0.1, 0.15) is 74.7 Å². The molecule has 2 bridgehead atoms. The summed E-state index contributed by atoms with van der Waals surface area (Å²) in [6.45, 7) is 19.1. The fourth-order valence-electron chi connectivity index (χ4n) is 8.09. The molecule has 0 radical (unpaired) electrons. The molecule has 0 aliphatic carbocycles. The lowest BCUT2D eigenvalue weighted by Gasteiger charge is -2.48. The van der Waals surface area contributed by atoms with E-state index in [0.29, 0.717) is 18.4 Å². The number of aliphatic hydroxyl groups excluding tert-OH is 1. The van der Waals surface area contributed by atoms with Gasteiger partial charge in [-0.25, -0.2) is 4.79 Å². The van der Waals surface area contributed by atoms with E-state index in [2.05, 4.69) is 11.9 Å². The lowest BCUT2D eigenvalue weighted by atomic mass is 9.73. The minimum Gasteiger partial charge on any atom is -0.458 e. The number of ether oxygens (including phenoxy) is 6. The number of ketones is 1. The highest BCUT2D eigenvalue weighted by molar-refractivity contribution is 5.85. The number of Topliss-reactive ketones (excluding diaryl/α,β-unsaturated/α-hetero) is 1. The summed E-state index contributed by atoms with van der Waals surface area (Å²) < 4.78 is 37.9. The Morgan fingerprint density at radius 3 is 2.37 bits per heavy atom. The third-order valence-electron chi connectivity index (χ3n) is 10.7. The van der Waals surface area contributed by atoms with Gasteiger partial charge in [-0.05, 0) is 66.6 Å². The maximum absolute atomic E-state index is 14.2. The predicted molar refractivity (Wildman–Crippen MR) is 169 cm³/mol. The van der Waals surface area contributed by atoms with Gasteiger partial charge in [-0.1, -0.05) is 34.3 Å². The molecule has 2 N–H and O–H groups in total. The molecular weight excluding hydrogens is 596 g/mol. The number of amides is 1. The van der Waals surface area contributed by atoms with Crippen LogP contribution in [0.5, 0.6) is 0 Å². The number of cyclic esters (lactones) is 1. The highest BCUT2D eigenvalue weighted by Gasteiger charge is 2.57. The Labute approximate surface area is 273 Å². The average Bonchev–Trinajstić information content (AvgIpc) is 3.32. The summed E-state index contributed by atoms with van der Waals surface area (Å²) in [4.78, 5) is 42.7. The normalized spacial score (nSPS) is 46.3. The van der Waals surface area contributed by atoms with Crippen LogP contribution in [0.15, 0.2) is 12.2 Å². The Hall–Kier alpha value is -2.09. The number of rotatable bonds is 4. The van der Waals surface area contributed by atoms with Gasteiger partial charge in [0.25, 0.3) is 0 Å². The molecule has 4 saturated heterocycles. The molecule has 4 heterocycles. The standard InChI is InChI=1S/C34H56N2O10/c1-12-24-34(9)28(35-32(40)46-34)20(5)25(37)18(3)14-33(8)29(45-31-26(38)23(36(10)11)13-19(4)43-31)21(6)27(22(7)30(39)44-24)41-15-17(2)16-42-33/h18-24,26-29,31,38H,2,12-16H2,1,3-11H3,(H,35,40)/t18-,19-,20+,21+,22-,23+,24-,26-,27+,28+,29-,31-,33+,34-/m1/s1. The molecule has 46 heavy (non-hydrogen) atoms. The van der Waals surface area contributed by atoms with Gasteiger partial charge in [-0.3, -0.25) is 9.59 Å². The van der Waals surface area contributed by atoms with E-state index in [1.165, 1.54) is 0 Å². The molecule has 0 saturated carbocycles. The number of fused-ring (bicyclic) bond motifs is 4. The van der Waals surface area contributed by atoms with Gasteiger partial charge in [0.15, 0.2) is 11.9 Å². The number of nitrogens with one attached hydrogen (secondary N) is 1. The summed E-state index contributed by atoms with van der Waals surface area (Å²) in [5.41, 5.74) is -1.72. The Morgan fingerprint density at radius 1 is 1.07 bits per heavy atom. The summed E-state index contributed by atoms with van der Waals surface area (Å²) in [6.07, 6.45) is -3.93. The van der Waals surface area contributed by atoms with Crippen molar-refractivity contribution in [2.24, 2.45) is 23.7 Å². The SMILES string of the molecule is C=C1CO[C@H]2[C@H](C)[C@@H](O[C@H]3O[C@H](C)C[C@H](N(C)C)[C@H]3O)[C@](C)(C[C@@H](C)C(=O)[C@H](C)[C@@H]3NC(=O)O[C@]3(C)[C@@H](CC)OC(=O)[C@@H]2C)OC1. The number of hydrogen-bond donors (Lipinski definition) is 2. The summed E-state index contributed by atoms with van der Waals surface area (Å²) in [5, 5.41) is 14.3. The number of carbonyl (C=O) groups is 3. The molecule has 0 aromatic carbocycles. The zero-order valence-corrected chi connectivity index (χ0v) is 29.2. The van der Waals surface area contributed by atoms with Gasteiger partial charge in [0.2, 0.25) is 0 Å². The van der Waals surface area contributed by atoms with Crippen molar-refractivity contribution in [3.8, 4) is 0 Å². The highest BCUT2D eigenvalue weighted by Crippen LogP contribution is 2.42. The van der Waals surface area contributed by atoms with Crippen LogP contribution in [0, 0.1) is 23.7 Å². The van der Waals surface area contributed by atoms with Crippen molar-refractivity contribution < 1.29 is 47.9 Å². The first kappa shape index (κ1) is 36.7. The first-order valence-corrected chi connectivity index (χ1v) is 16.7. The molecule has 4 fully saturated rings. The van der Waals surface area contributed by atoms with E-state index in [-0.39, 0.29) is 37.6 Å². The minimum atomic E-state index is -1.27. The predicted octanol–water partition coefficient (Wildman–Crippen LogP) is 3.23. The van der Waals surface area contributed by atoms with Crippen LogP contribution in [0.2, 0.25) is 0 Å². The first-order valence-electron chi connectivity index (χ1n) is 16.7. The molecule has 12 heteroatoms. The second kappa shape index (κ2) is 14.2. The lowest BCUT2D eigenvalue weighted by Crippen LogP contribution is -2.60. The van der Waals surface area contributed by atoms with Crippen LogP contribution in [-0.2, 0) is 38.0 Å². The molecule has 0 aromatic rings. The van der Waals surface area contributed by atoms with E-state index in [9.17, 15) is 19.5 Å². The largest absolute Gasteiger partial charge is 0.458 e. The number of alkyl carbamates (subject to hydrolysis) is 1. The summed E-state index contributed by atoms with van der Waals surface area (Å²) in [5.74, 6) is -3.12. The van der Waals surface area contributed by atoms with Crippen LogP contribution in [0.25, 0.3) is 0 Å². The van der Waals surface area contributed by atoms with Crippen LogP contribution < -0.4 is 5.32 Å². The van der Waals surface area contributed by atoms with Crippen molar-refractivity contribution in [1.82, 2.24) is 10.2 Å². The van der Waals surface area contributed by atoms with E-state index in [0.717, 1.165) is 0 Å². The molecule has 4 rings (SSSR count). The van der Waals surface area contributed by atoms with E-state index in [4.69, 9.17) is 28.4 Å². The molecule has 14 atom stereocenters. The van der Waals surface area contributed by atoms with Crippen molar-refractivity contribution in [3.63, 3.8) is 0 Å². The van der Waals surface area contributed by atoms with Crippen molar-refractivity contribution in [2.45, 2.75) is 135 Å². The number of aliphatic hydroxyl groups is 1. The number of likely N-dealkylation sites (N-methyl/N-ethyl adjacent to an activating group) is 1. The average molecular weight is 653 g/mol. The molecule has 262 valence electrons. The zero-order valence-electron chi connectivity index (χ0n) is 29.2. The Bertz CT molecular complexity index is 1150. The third kappa shape index (κ3) is 7.17. The van der Waals surface area contributed by atoms with Gasteiger partial charge in [-0.2, -0.15) is 0 Å². The van der Waals surface area contributed by atoms with Gasteiger partial charge in [-0.15, -0.1) is 0 Å². The summed E-state index contributed by atoms with van der Waals surface area (Å²) in [7, 11) is 3.82. The van der Waals surface area contributed by atoms with Crippen LogP contribution in [0.4, 0.5) is 4.79 Å². The van der Waals surface area contributed by atoms with E-state index in [1.54, 1.807) is 20.8 Å². The Morgan fingerprint density at radius 2 is 1.74 bits per heavy atom. The van der Waals surface area contributed by atoms with Gasteiger partial charge in [0, 0.05) is 23.8 Å². The van der Waals surface area contributed by atoms with Gasteiger partial charge < -0.3 is 43.7 Å². The summed E-state index contributed by atoms with van der Waals surface area (Å²) in [6, 6.07) is -0.946. The smallest absolute Gasteiger partial charge is 0.408 e. The molecule has 0 aromatic heterocycles. The van der Waals surface area contributed by atoms with Crippen LogP contribution in [0.3, 0.4) is 0 Å². The topological polar surface area (TPSA) is 142 Å². The van der Waals surface area contributed by atoms with Gasteiger partial charge in [0.1, 0.15) is 18.0 Å². The summed E-state index contributed by atoms with van der Waals surface area (Å²) >= 11 is 0. The first-order chi connectivity index (χ1) is 21.4. The van der Waals surface area contributed by atoms with Crippen molar-refractivity contribution in [2.75, 3.05) is 27.3 Å². The Balaban J connectivity index is 1.83. The number of hydrogen-bond acceptors (Lipinski definition) is 11. The third-order valence-corrected chi connectivity index (χ3v) is 10.7. The monoisotopic (exact) mass is 652 g/mol. The molecule has 1 amide bonds. The Kier molecular flexibility index (Phi) is 11.3. The van der Waals surface area contributed by atoms with Crippen molar-refractivity contribution in [1.29, 1.82) is 0 Å².